The lowest BCUT2D eigenvalue weighted by Crippen LogP contribution is -2.15. The Hall–Kier alpha value is -2.95. The third-order valence-corrected chi connectivity index (χ3v) is 5.28. The number of fused-ring (bicyclic) bond motifs is 1. The monoisotopic (exact) mass is 421 g/mol. The maximum atomic E-state index is 6.53. The molecule has 0 N–H and O–H groups in total. The Balaban J connectivity index is 1.40. The molecule has 154 valence electrons. The van der Waals surface area contributed by atoms with Crippen molar-refractivity contribution in [1.29, 1.82) is 0 Å². The SMILES string of the molecule is COc1cc(C2=Cc3ccccc3CN2Cl)ccc1OCCOCc1ccccc1. The van der Waals surface area contributed by atoms with Gasteiger partial charge in [0.1, 0.15) is 6.61 Å². The van der Waals surface area contributed by atoms with E-state index in [-0.39, 0.29) is 0 Å². The molecule has 0 spiro atoms. The van der Waals surface area contributed by atoms with Crippen LogP contribution in [0.1, 0.15) is 22.3 Å². The van der Waals surface area contributed by atoms with Crippen LogP contribution in [0, 0.1) is 0 Å². The van der Waals surface area contributed by atoms with Gasteiger partial charge in [-0.15, -0.1) is 0 Å². The minimum atomic E-state index is 0.445. The normalized spacial score (nSPS) is 12.9. The van der Waals surface area contributed by atoms with Crippen LogP contribution in [0.3, 0.4) is 0 Å². The van der Waals surface area contributed by atoms with Gasteiger partial charge in [-0.25, -0.2) is 0 Å². The van der Waals surface area contributed by atoms with Crippen LogP contribution in [0.25, 0.3) is 11.8 Å². The summed E-state index contributed by atoms with van der Waals surface area (Å²) >= 11 is 6.53. The Morgan fingerprint density at radius 3 is 2.53 bits per heavy atom. The highest BCUT2D eigenvalue weighted by molar-refractivity contribution is 6.19. The highest BCUT2D eigenvalue weighted by Gasteiger charge is 2.19. The summed E-state index contributed by atoms with van der Waals surface area (Å²) in [4.78, 5) is 0. The fraction of sp³-hybridized carbons (Fsp3) is 0.200. The first-order valence-electron chi connectivity index (χ1n) is 9.90. The summed E-state index contributed by atoms with van der Waals surface area (Å²) in [5, 5.41) is 0. The first kappa shape index (κ1) is 20.3. The van der Waals surface area contributed by atoms with Crippen LogP contribution in [0.15, 0.2) is 72.8 Å². The zero-order chi connectivity index (χ0) is 20.8. The first-order valence-corrected chi connectivity index (χ1v) is 10.2. The second-order valence-corrected chi connectivity index (χ2v) is 7.41. The molecule has 3 aromatic carbocycles. The Morgan fingerprint density at radius 2 is 1.70 bits per heavy atom. The first-order chi connectivity index (χ1) is 14.7. The van der Waals surface area contributed by atoms with Crippen molar-refractivity contribution in [2.45, 2.75) is 13.2 Å². The van der Waals surface area contributed by atoms with E-state index < -0.39 is 0 Å². The highest BCUT2D eigenvalue weighted by atomic mass is 35.5. The summed E-state index contributed by atoms with van der Waals surface area (Å²) < 4.78 is 18.8. The predicted molar refractivity (Wildman–Crippen MR) is 120 cm³/mol. The molecule has 0 aliphatic carbocycles. The van der Waals surface area contributed by atoms with E-state index in [9.17, 15) is 0 Å². The second-order valence-electron chi connectivity index (χ2n) is 7.00. The van der Waals surface area contributed by atoms with Gasteiger partial charge in [0, 0.05) is 17.3 Å². The third-order valence-electron chi connectivity index (χ3n) is 4.97. The lowest BCUT2D eigenvalue weighted by Gasteiger charge is -2.26. The largest absolute Gasteiger partial charge is 0.493 e. The summed E-state index contributed by atoms with van der Waals surface area (Å²) in [6.45, 7) is 2.17. The van der Waals surface area contributed by atoms with E-state index in [1.54, 1.807) is 11.5 Å². The lowest BCUT2D eigenvalue weighted by atomic mass is 10.00. The van der Waals surface area contributed by atoms with Crippen molar-refractivity contribution in [3.8, 4) is 11.5 Å². The molecule has 4 nitrogen and oxygen atoms in total. The molecule has 0 saturated heterocycles. The second kappa shape index (κ2) is 9.70. The molecule has 0 bridgehead atoms. The van der Waals surface area contributed by atoms with Crippen molar-refractivity contribution in [2.75, 3.05) is 20.3 Å². The molecule has 30 heavy (non-hydrogen) atoms. The van der Waals surface area contributed by atoms with Crippen molar-refractivity contribution in [3.05, 3.63) is 95.1 Å². The number of nitrogens with zero attached hydrogens (tertiary/aromatic N) is 1. The van der Waals surface area contributed by atoms with Crippen LogP contribution >= 0.6 is 11.8 Å². The Bertz CT molecular complexity index is 1020. The summed E-state index contributed by atoms with van der Waals surface area (Å²) in [6.07, 6.45) is 2.10. The fourth-order valence-electron chi connectivity index (χ4n) is 3.42. The zero-order valence-electron chi connectivity index (χ0n) is 16.9. The van der Waals surface area contributed by atoms with Crippen molar-refractivity contribution in [3.63, 3.8) is 0 Å². The van der Waals surface area contributed by atoms with Crippen LogP contribution in [-0.4, -0.2) is 24.7 Å². The molecular weight excluding hydrogens is 398 g/mol. The van der Waals surface area contributed by atoms with Gasteiger partial charge in [0.2, 0.25) is 0 Å². The number of halogens is 1. The number of hydrogen-bond donors (Lipinski definition) is 0. The van der Waals surface area contributed by atoms with Gasteiger partial charge in [-0.2, -0.15) is 0 Å². The summed E-state index contributed by atoms with van der Waals surface area (Å²) in [5.41, 5.74) is 5.45. The number of methoxy groups -OCH3 is 1. The lowest BCUT2D eigenvalue weighted by molar-refractivity contribution is 0.0880. The Kier molecular flexibility index (Phi) is 6.57. The van der Waals surface area contributed by atoms with Gasteiger partial charge >= 0.3 is 0 Å². The van der Waals surface area contributed by atoms with Gasteiger partial charge in [-0.1, -0.05) is 54.6 Å². The number of rotatable bonds is 8. The average molecular weight is 422 g/mol. The van der Waals surface area contributed by atoms with E-state index in [0.29, 0.717) is 37.9 Å². The number of hydrogen-bond acceptors (Lipinski definition) is 4. The third kappa shape index (κ3) is 4.78. The molecule has 1 heterocycles. The quantitative estimate of drug-likeness (QED) is 0.342. The standard InChI is InChI=1S/C25H24ClNO3/c1-28-25-16-21(23-15-20-9-5-6-10-22(20)17-27(23)26)11-12-24(25)30-14-13-29-18-19-7-3-2-4-8-19/h2-12,15-16H,13-14,17-18H2,1H3. The summed E-state index contributed by atoms with van der Waals surface area (Å²) in [7, 11) is 1.64. The van der Waals surface area contributed by atoms with Crippen molar-refractivity contribution < 1.29 is 14.2 Å². The molecule has 0 aromatic heterocycles. The van der Waals surface area contributed by atoms with Gasteiger partial charge in [-0.3, -0.25) is 4.42 Å². The van der Waals surface area contributed by atoms with E-state index in [0.717, 1.165) is 16.8 Å². The van der Waals surface area contributed by atoms with Crippen LogP contribution in [0.4, 0.5) is 0 Å². The predicted octanol–water partition coefficient (Wildman–Crippen LogP) is 5.76. The molecule has 3 aromatic rings. The molecule has 0 radical (unpaired) electrons. The summed E-state index contributed by atoms with van der Waals surface area (Å²) in [5.74, 6) is 1.35. The van der Waals surface area contributed by atoms with Crippen LogP contribution < -0.4 is 9.47 Å². The molecule has 0 unspecified atom stereocenters. The van der Waals surface area contributed by atoms with E-state index in [1.165, 1.54) is 11.1 Å². The van der Waals surface area contributed by atoms with Crippen molar-refractivity contribution >= 4 is 23.5 Å². The molecule has 0 atom stereocenters. The van der Waals surface area contributed by atoms with E-state index in [4.69, 9.17) is 26.0 Å². The van der Waals surface area contributed by atoms with Gasteiger partial charge in [0.05, 0.1) is 32.6 Å². The van der Waals surface area contributed by atoms with Gasteiger partial charge in [0.15, 0.2) is 11.5 Å². The summed E-state index contributed by atoms with van der Waals surface area (Å²) in [6, 6.07) is 24.2. The van der Waals surface area contributed by atoms with Crippen LogP contribution in [-0.2, 0) is 17.9 Å². The molecule has 1 aliphatic rings. The van der Waals surface area contributed by atoms with Crippen molar-refractivity contribution in [2.24, 2.45) is 0 Å². The number of ether oxygens (including phenoxy) is 3. The van der Waals surface area contributed by atoms with Crippen molar-refractivity contribution in [1.82, 2.24) is 4.42 Å². The maximum absolute atomic E-state index is 6.53. The molecule has 0 saturated carbocycles. The molecule has 4 rings (SSSR count). The van der Waals surface area contributed by atoms with Crippen LogP contribution in [0.5, 0.6) is 11.5 Å². The average Bonchev–Trinajstić information content (AvgIpc) is 2.79. The molecule has 0 amide bonds. The molecule has 1 aliphatic heterocycles. The van der Waals surface area contributed by atoms with E-state index in [1.807, 2.05) is 60.7 Å². The molecule has 0 fully saturated rings. The fourth-order valence-corrected chi connectivity index (χ4v) is 3.69. The van der Waals surface area contributed by atoms with E-state index >= 15 is 0 Å². The Labute approximate surface area is 182 Å². The van der Waals surface area contributed by atoms with Gasteiger partial charge in [0.25, 0.3) is 0 Å². The van der Waals surface area contributed by atoms with E-state index in [2.05, 4.69) is 18.2 Å². The minimum absolute atomic E-state index is 0.445. The van der Waals surface area contributed by atoms with Crippen LogP contribution in [0.2, 0.25) is 0 Å². The molecule has 5 heteroatoms. The highest BCUT2D eigenvalue weighted by Crippen LogP contribution is 2.36. The smallest absolute Gasteiger partial charge is 0.161 e. The zero-order valence-corrected chi connectivity index (χ0v) is 17.6. The maximum Gasteiger partial charge on any atom is 0.161 e. The minimum Gasteiger partial charge on any atom is -0.493 e. The topological polar surface area (TPSA) is 30.9 Å². The van der Waals surface area contributed by atoms with Gasteiger partial charge < -0.3 is 14.2 Å². The van der Waals surface area contributed by atoms with Gasteiger partial charge in [-0.05, 0) is 41.0 Å². The number of benzene rings is 3. The Morgan fingerprint density at radius 1 is 0.900 bits per heavy atom. The molecular formula is C25H24ClNO3.